The zero-order valence-corrected chi connectivity index (χ0v) is 11.1. The van der Waals surface area contributed by atoms with Gasteiger partial charge in [-0.2, -0.15) is 0 Å². The minimum Gasteiger partial charge on any atom is -0.358 e. The molecule has 0 saturated carbocycles. The van der Waals surface area contributed by atoms with Crippen molar-refractivity contribution in [3.63, 3.8) is 0 Å². The third-order valence-electron chi connectivity index (χ3n) is 3.84. The maximum atomic E-state index is 5.74. The van der Waals surface area contributed by atoms with Gasteiger partial charge < -0.3 is 9.72 Å². The van der Waals surface area contributed by atoms with Crippen LogP contribution in [0.3, 0.4) is 0 Å². The monoisotopic (exact) mass is 256 g/mol. The molecule has 0 bridgehead atoms. The van der Waals surface area contributed by atoms with Crippen LogP contribution in [0.5, 0.6) is 0 Å². The number of aromatic amines is 1. The van der Waals surface area contributed by atoms with Gasteiger partial charge in [0, 0.05) is 23.4 Å². The zero-order chi connectivity index (χ0) is 13.0. The molecule has 5 heteroatoms. The smallest absolute Gasteiger partial charge is 0.164 e. The lowest BCUT2D eigenvalue weighted by Crippen LogP contribution is -2.06. The average molecular weight is 256 g/mol. The molecule has 0 aliphatic carbocycles. The van der Waals surface area contributed by atoms with Crippen LogP contribution in [0.2, 0.25) is 0 Å². The molecular weight excluding hydrogens is 240 g/mol. The number of ether oxygens (including phenoxy) is 1. The van der Waals surface area contributed by atoms with Crippen molar-refractivity contribution < 1.29 is 4.74 Å². The summed E-state index contributed by atoms with van der Waals surface area (Å²) in [6.45, 7) is 4.93. The van der Waals surface area contributed by atoms with Gasteiger partial charge in [-0.3, -0.25) is 4.57 Å². The van der Waals surface area contributed by atoms with Gasteiger partial charge in [0.1, 0.15) is 11.7 Å². The molecule has 1 N–H and O–H groups in total. The first-order chi connectivity index (χ1) is 9.24. The molecule has 1 saturated heterocycles. The summed E-state index contributed by atoms with van der Waals surface area (Å²) in [6, 6.07) is 2.13. The van der Waals surface area contributed by atoms with Gasteiger partial charge in [-0.15, -0.1) is 0 Å². The summed E-state index contributed by atoms with van der Waals surface area (Å²) >= 11 is 0. The number of pyridine rings is 1. The summed E-state index contributed by atoms with van der Waals surface area (Å²) in [6.07, 6.45) is 4.08. The van der Waals surface area contributed by atoms with E-state index in [0.29, 0.717) is 0 Å². The summed E-state index contributed by atoms with van der Waals surface area (Å²) in [5, 5.41) is 1.16. The van der Waals surface area contributed by atoms with E-state index in [-0.39, 0.29) is 6.23 Å². The quantitative estimate of drug-likeness (QED) is 0.728. The fraction of sp³-hybridized carbons (Fsp3) is 0.429. The Hall–Kier alpha value is -1.88. The Morgan fingerprint density at radius 3 is 3.11 bits per heavy atom. The number of hydrogen-bond acceptors (Lipinski definition) is 3. The van der Waals surface area contributed by atoms with Gasteiger partial charge in [0.05, 0.1) is 11.8 Å². The van der Waals surface area contributed by atoms with Crippen LogP contribution in [0, 0.1) is 13.8 Å². The first kappa shape index (κ1) is 11.0. The molecule has 98 valence electrons. The predicted octanol–water partition coefficient (Wildman–Crippen LogP) is 2.84. The lowest BCUT2D eigenvalue weighted by atomic mass is 10.2. The lowest BCUT2D eigenvalue weighted by Gasteiger charge is -2.11. The molecule has 3 aromatic rings. The van der Waals surface area contributed by atoms with E-state index in [1.54, 1.807) is 0 Å². The summed E-state index contributed by atoms with van der Waals surface area (Å²) in [4.78, 5) is 12.6. The second kappa shape index (κ2) is 3.81. The SMILES string of the molecule is Cc1cc2c(C)nc3c(ncn3C3CCCO3)c2[nH]1. The van der Waals surface area contributed by atoms with E-state index >= 15 is 0 Å². The van der Waals surface area contributed by atoms with Crippen LogP contribution in [0.15, 0.2) is 12.4 Å². The number of imidazole rings is 1. The van der Waals surface area contributed by atoms with E-state index in [0.717, 1.165) is 52.9 Å². The lowest BCUT2D eigenvalue weighted by molar-refractivity contribution is 0.0593. The molecule has 1 atom stereocenters. The standard InChI is InChI=1S/C14H16N4O/c1-8-6-10-9(2)17-14-13(12(10)16-8)15-7-18(14)11-4-3-5-19-11/h6-7,11,16H,3-5H2,1-2H3. The number of nitrogens with zero attached hydrogens (tertiary/aromatic N) is 3. The Balaban J connectivity index is 2.03. The predicted molar refractivity (Wildman–Crippen MR) is 73.1 cm³/mol. The maximum Gasteiger partial charge on any atom is 0.164 e. The Morgan fingerprint density at radius 2 is 2.32 bits per heavy atom. The van der Waals surface area contributed by atoms with E-state index in [4.69, 9.17) is 9.72 Å². The van der Waals surface area contributed by atoms with Gasteiger partial charge in [0.15, 0.2) is 5.65 Å². The summed E-state index contributed by atoms with van der Waals surface area (Å²) in [5.74, 6) is 0. The molecule has 1 aliphatic heterocycles. The van der Waals surface area contributed by atoms with Crippen LogP contribution >= 0.6 is 0 Å². The van der Waals surface area contributed by atoms with Gasteiger partial charge >= 0.3 is 0 Å². The van der Waals surface area contributed by atoms with E-state index in [9.17, 15) is 0 Å². The normalized spacial score (nSPS) is 19.8. The van der Waals surface area contributed by atoms with Gasteiger partial charge in [-0.25, -0.2) is 9.97 Å². The average Bonchev–Trinajstić information content (AvgIpc) is 3.04. The van der Waals surface area contributed by atoms with Crippen LogP contribution in [0.25, 0.3) is 22.1 Å². The summed E-state index contributed by atoms with van der Waals surface area (Å²) in [7, 11) is 0. The van der Waals surface area contributed by atoms with Gasteiger partial charge in [0.25, 0.3) is 0 Å². The van der Waals surface area contributed by atoms with Crippen LogP contribution in [-0.4, -0.2) is 26.1 Å². The molecule has 0 spiro atoms. The molecule has 1 fully saturated rings. The molecule has 4 heterocycles. The Labute approximate surface area is 110 Å². The number of fused-ring (bicyclic) bond motifs is 3. The molecule has 19 heavy (non-hydrogen) atoms. The molecular formula is C14H16N4O. The van der Waals surface area contributed by atoms with E-state index in [1.807, 2.05) is 13.3 Å². The van der Waals surface area contributed by atoms with Crippen LogP contribution in [0.1, 0.15) is 30.5 Å². The molecule has 0 radical (unpaired) electrons. The number of hydrogen-bond donors (Lipinski definition) is 1. The first-order valence-corrected chi connectivity index (χ1v) is 6.68. The fourth-order valence-electron chi connectivity index (χ4n) is 2.91. The summed E-state index contributed by atoms with van der Waals surface area (Å²) < 4.78 is 7.80. The van der Waals surface area contributed by atoms with Gasteiger partial charge in [0.2, 0.25) is 0 Å². The van der Waals surface area contributed by atoms with Crippen molar-refractivity contribution in [2.75, 3.05) is 6.61 Å². The third-order valence-corrected chi connectivity index (χ3v) is 3.84. The fourth-order valence-corrected chi connectivity index (χ4v) is 2.91. The number of aromatic nitrogens is 4. The van der Waals surface area contributed by atoms with Crippen LogP contribution in [0.4, 0.5) is 0 Å². The maximum absolute atomic E-state index is 5.74. The summed E-state index contributed by atoms with van der Waals surface area (Å²) in [5.41, 5.74) is 5.10. The van der Waals surface area contributed by atoms with Crippen molar-refractivity contribution >= 4 is 22.1 Å². The van der Waals surface area contributed by atoms with Crippen molar-refractivity contribution in [2.24, 2.45) is 0 Å². The van der Waals surface area contributed by atoms with Crippen molar-refractivity contribution in [2.45, 2.75) is 32.9 Å². The number of aryl methyl sites for hydroxylation is 2. The van der Waals surface area contributed by atoms with Crippen LogP contribution < -0.4 is 0 Å². The second-order valence-corrected chi connectivity index (χ2v) is 5.23. The van der Waals surface area contributed by atoms with Gasteiger partial charge in [-0.05, 0) is 32.8 Å². The Kier molecular flexibility index (Phi) is 2.20. The van der Waals surface area contributed by atoms with E-state index in [2.05, 4.69) is 27.5 Å². The number of nitrogens with one attached hydrogen (secondary N) is 1. The molecule has 1 aliphatic rings. The Bertz CT molecular complexity index is 765. The minimum absolute atomic E-state index is 0.0883. The Morgan fingerprint density at radius 1 is 1.42 bits per heavy atom. The minimum atomic E-state index is 0.0883. The van der Waals surface area contributed by atoms with Crippen molar-refractivity contribution in [3.05, 3.63) is 23.8 Å². The van der Waals surface area contributed by atoms with Gasteiger partial charge in [-0.1, -0.05) is 0 Å². The van der Waals surface area contributed by atoms with E-state index in [1.165, 1.54) is 0 Å². The molecule has 1 unspecified atom stereocenters. The zero-order valence-electron chi connectivity index (χ0n) is 11.1. The highest BCUT2D eigenvalue weighted by Gasteiger charge is 2.21. The first-order valence-electron chi connectivity index (χ1n) is 6.68. The van der Waals surface area contributed by atoms with Crippen molar-refractivity contribution in [3.8, 4) is 0 Å². The molecule has 5 nitrogen and oxygen atoms in total. The number of H-pyrrole nitrogens is 1. The highest BCUT2D eigenvalue weighted by Crippen LogP contribution is 2.30. The molecule has 4 rings (SSSR count). The molecule has 0 amide bonds. The molecule has 3 aromatic heterocycles. The number of rotatable bonds is 1. The third kappa shape index (κ3) is 1.51. The van der Waals surface area contributed by atoms with Crippen molar-refractivity contribution in [1.29, 1.82) is 0 Å². The van der Waals surface area contributed by atoms with Crippen molar-refractivity contribution in [1.82, 2.24) is 19.5 Å². The van der Waals surface area contributed by atoms with Crippen LogP contribution in [-0.2, 0) is 4.74 Å². The highest BCUT2D eigenvalue weighted by molar-refractivity contribution is 6.01. The topological polar surface area (TPSA) is 55.7 Å². The largest absolute Gasteiger partial charge is 0.358 e. The highest BCUT2D eigenvalue weighted by atomic mass is 16.5. The second-order valence-electron chi connectivity index (χ2n) is 5.23. The molecule has 0 aromatic carbocycles. The van der Waals surface area contributed by atoms with E-state index < -0.39 is 0 Å².